The van der Waals surface area contributed by atoms with E-state index in [4.69, 9.17) is 4.74 Å². The molecule has 2 aromatic rings. The van der Waals surface area contributed by atoms with Crippen LogP contribution in [0.3, 0.4) is 0 Å². The maximum absolute atomic E-state index is 12.3. The van der Waals surface area contributed by atoms with E-state index in [1.165, 1.54) is 0 Å². The van der Waals surface area contributed by atoms with Crippen LogP contribution in [-0.4, -0.2) is 45.7 Å². The first-order chi connectivity index (χ1) is 10.1. The second kappa shape index (κ2) is 5.17. The lowest BCUT2D eigenvalue weighted by atomic mass is 9.89. The van der Waals surface area contributed by atoms with E-state index >= 15 is 0 Å². The topological polar surface area (TPSA) is 104 Å². The van der Waals surface area contributed by atoms with Gasteiger partial charge in [-0.25, -0.2) is 9.78 Å². The number of carboxylic acids is 1. The van der Waals surface area contributed by atoms with E-state index in [-0.39, 0.29) is 12.8 Å². The number of amides is 1. The van der Waals surface area contributed by atoms with E-state index < -0.39 is 17.4 Å². The summed E-state index contributed by atoms with van der Waals surface area (Å²) < 4.78 is 5.18. The number of nitrogens with one attached hydrogen (secondary N) is 2. The maximum atomic E-state index is 12.3. The predicted molar refractivity (Wildman–Crippen MR) is 74.0 cm³/mol. The van der Waals surface area contributed by atoms with E-state index in [2.05, 4.69) is 15.3 Å². The first-order valence-electron chi connectivity index (χ1n) is 6.67. The molecule has 0 bridgehead atoms. The quantitative estimate of drug-likeness (QED) is 0.779. The van der Waals surface area contributed by atoms with Gasteiger partial charge in [-0.1, -0.05) is 0 Å². The van der Waals surface area contributed by atoms with Gasteiger partial charge in [0.25, 0.3) is 5.91 Å². The van der Waals surface area contributed by atoms with Gasteiger partial charge in [-0.2, -0.15) is 0 Å². The predicted octanol–water partition coefficient (Wildman–Crippen LogP) is 0.926. The highest BCUT2D eigenvalue weighted by atomic mass is 16.5. The van der Waals surface area contributed by atoms with Crippen LogP contribution in [0.1, 0.15) is 23.2 Å². The molecule has 0 saturated carbocycles. The van der Waals surface area contributed by atoms with Crippen molar-refractivity contribution in [3.8, 4) is 0 Å². The molecule has 110 valence electrons. The Bertz CT molecular complexity index is 688. The van der Waals surface area contributed by atoms with Crippen molar-refractivity contribution in [1.82, 2.24) is 15.3 Å². The second-order valence-electron chi connectivity index (χ2n) is 5.09. The SMILES string of the molecule is O=C(NC1(C(=O)O)CCOCC1)c1ccc2nc[nH]c2c1. The number of nitrogens with zero attached hydrogens (tertiary/aromatic N) is 1. The van der Waals surface area contributed by atoms with Crippen LogP contribution in [0.2, 0.25) is 0 Å². The second-order valence-corrected chi connectivity index (χ2v) is 5.09. The van der Waals surface area contributed by atoms with Gasteiger partial charge in [0.05, 0.1) is 17.4 Å². The van der Waals surface area contributed by atoms with Crippen molar-refractivity contribution in [2.75, 3.05) is 13.2 Å². The van der Waals surface area contributed by atoms with Crippen LogP contribution in [0.15, 0.2) is 24.5 Å². The van der Waals surface area contributed by atoms with E-state index in [0.717, 1.165) is 11.0 Å². The number of carbonyl (C=O) groups is 2. The number of aromatic nitrogens is 2. The van der Waals surface area contributed by atoms with Gasteiger partial charge in [-0.3, -0.25) is 4.79 Å². The number of aliphatic carboxylic acids is 1. The fourth-order valence-corrected chi connectivity index (χ4v) is 2.48. The van der Waals surface area contributed by atoms with E-state index in [0.29, 0.717) is 18.8 Å². The molecule has 2 heterocycles. The van der Waals surface area contributed by atoms with Crippen LogP contribution in [0.5, 0.6) is 0 Å². The third-order valence-electron chi connectivity index (χ3n) is 3.79. The zero-order valence-corrected chi connectivity index (χ0v) is 11.3. The monoisotopic (exact) mass is 289 g/mol. The Morgan fingerprint density at radius 1 is 1.33 bits per heavy atom. The van der Waals surface area contributed by atoms with Crippen LogP contribution in [0.25, 0.3) is 11.0 Å². The van der Waals surface area contributed by atoms with E-state index in [1.807, 2.05) is 0 Å². The molecule has 3 rings (SSSR count). The summed E-state index contributed by atoms with van der Waals surface area (Å²) in [6.07, 6.45) is 2.07. The number of rotatable bonds is 3. The number of imidazole rings is 1. The number of fused-ring (bicyclic) bond motifs is 1. The van der Waals surface area contributed by atoms with Crippen LogP contribution in [0, 0.1) is 0 Å². The Labute approximate surface area is 120 Å². The average molecular weight is 289 g/mol. The molecule has 1 aromatic heterocycles. The first kappa shape index (κ1) is 13.6. The molecule has 3 N–H and O–H groups in total. The smallest absolute Gasteiger partial charge is 0.329 e. The minimum atomic E-state index is -1.25. The van der Waals surface area contributed by atoms with Crippen molar-refractivity contribution in [3.05, 3.63) is 30.1 Å². The first-order valence-corrected chi connectivity index (χ1v) is 6.67. The molecular formula is C14H15N3O4. The normalized spacial score (nSPS) is 17.5. The summed E-state index contributed by atoms with van der Waals surface area (Å²) in [5.41, 5.74) is 0.640. The fourth-order valence-electron chi connectivity index (χ4n) is 2.48. The zero-order chi connectivity index (χ0) is 14.9. The number of carboxylic acid groups (broad SMARTS) is 1. The number of H-pyrrole nitrogens is 1. The molecule has 7 heteroatoms. The average Bonchev–Trinajstić information content (AvgIpc) is 2.95. The number of benzene rings is 1. The Kier molecular flexibility index (Phi) is 3.34. The molecule has 1 fully saturated rings. The molecule has 1 aliphatic rings. The standard InChI is InChI=1S/C14H15N3O4/c18-12(9-1-2-10-11(7-9)16-8-15-10)17-14(13(19)20)3-5-21-6-4-14/h1-2,7-8H,3-6H2,(H,15,16)(H,17,18)(H,19,20). The maximum Gasteiger partial charge on any atom is 0.329 e. The lowest BCUT2D eigenvalue weighted by molar-refractivity contribution is -0.148. The van der Waals surface area contributed by atoms with Crippen LogP contribution in [0.4, 0.5) is 0 Å². The summed E-state index contributed by atoms with van der Waals surface area (Å²) in [6.45, 7) is 0.651. The van der Waals surface area contributed by atoms with Gasteiger partial charge in [0, 0.05) is 31.6 Å². The number of hydrogen-bond acceptors (Lipinski definition) is 4. The number of ether oxygens (including phenoxy) is 1. The Hall–Kier alpha value is -2.41. The number of carbonyl (C=O) groups excluding carboxylic acids is 1. The Balaban J connectivity index is 1.85. The number of hydrogen-bond donors (Lipinski definition) is 3. The minimum Gasteiger partial charge on any atom is -0.480 e. The summed E-state index contributed by atoms with van der Waals surface area (Å²) in [5, 5.41) is 12.1. The summed E-state index contributed by atoms with van der Waals surface area (Å²) in [6, 6.07) is 5.01. The minimum absolute atomic E-state index is 0.264. The molecular weight excluding hydrogens is 274 g/mol. The molecule has 1 aromatic carbocycles. The van der Waals surface area contributed by atoms with Gasteiger partial charge in [-0.15, -0.1) is 0 Å². The third-order valence-corrected chi connectivity index (χ3v) is 3.79. The highest BCUT2D eigenvalue weighted by Gasteiger charge is 2.41. The van der Waals surface area contributed by atoms with Gasteiger partial charge < -0.3 is 20.1 Å². The van der Waals surface area contributed by atoms with Crippen molar-refractivity contribution in [2.24, 2.45) is 0 Å². The summed E-state index contributed by atoms with van der Waals surface area (Å²) in [7, 11) is 0. The molecule has 1 amide bonds. The lowest BCUT2D eigenvalue weighted by Crippen LogP contribution is -2.57. The highest BCUT2D eigenvalue weighted by molar-refractivity contribution is 6.00. The van der Waals surface area contributed by atoms with Gasteiger partial charge in [0.2, 0.25) is 0 Å². The highest BCUT2D eigenvalue weighted by Crippen LogP contribution is 2.22. The molecule has 0 unspecified atom stereocenters. The number of aromatic amines is 1. The van der Waals surface area contributed by atoms with Gasteiger partial charge in [-0.05, 0) is 18.2 Å². The third kappa shape index (κ3) is 2.47. The van der Waals surface area contributed by atoms with Crippen molar-refractivity contribution in [3.63, 3.8) is 0 Å². The van der Waals surface area contributed by atoms with Gasteiger partial charge in [0.1, 0.15) is 5.54 Å². The Morgan fingerprint density at radius 3 is 2.81 bits per heavy atom. The molecule has 1 aliphatic heterocycles. The van der Waals surface area contributed by atoms with Crippen LogP contribution >= 0.6 is 0 Å². The molecule has 7 nitrogen and oxygen atoms in total. The molecule has 0 aliphatic carbocycles. The molecule has 0 atom stereocenters. The summed E-state index contributed by atoms with van der Waals surface area (Å²) in [4.78, 5) is 30.9. The van der Waals surface area contributed by atoms with Crippen LogP contribution in [-0.2, 0) is 9.53 Å². The molecule has 0 spiro atoms. The molecule has 0 radical (unpaired) electrons. The van der Waals surface area contributed by atoms with Gasteiger partial charge in [0.15, 0.2) is 0 Å². The fraction of sp³-hybridized carbons (Fsp3) is 0.357. The van der Waals surface area contributed by atoms with Crippen molar-refractivity contribution in [1.29, 1.82) is 0 Å². The lowest BCUT2D eigenvalue weighted by Gasteiger charge is -2.33. The van der Waals surface area contributed by atoms with Gasteiger partial charge >= 0.3 is 5.97 Å². The van der Waals surface area contributed by atoms with Crippen molar-refractivity contribution >= 4 is 22.9 Å². The largest absolute Gasteiger partial charge is 0.480 e. The van der Waals surface area contributed by atoms with Crippen LogP contribution < -0.4 is 5.32 Å². The van der Waals surface area contributed by atoms with Crippen molar-refractivity contribution < 1.29 is 19.4 Å². The van der Waals surface area contributed by atoms with E-state index in [1.54, 1.807) is 24.5 Å². The molecule has 1 saturated heterocycles. The summed E-state index contributed by atoms with van der Waals surface area (Å²) >= 11 is 0. The van der Waals surface area contributed by atoms with Crippen molar-refractivity contribution in [2.45, 2.75) is 18.4 Å². The summed E-state index contributed by atoms with van der Waals surface area (Å²) in [5.74, 6) is -1.43. The van der Waals surface area contributed by atoms with E-state index in [9.17, 15) is 14.7 Å². The zero-order valence-electron chi connectivity index (χ0n) is 11.3. The Morgan fingerprint density at radius 2 is 2.10 bits per heavy atom. The molecule has 21 heavy (non-hydrogen) atoms.